The number of hydrogen-bond donors (Lipinski definition) is 1. The fraction of sp³-hybridized carbons (Fsp3) is 1.00. The Labute approximate surface area is 123 Å². The Hall–Kier alpha value is 0.270. The monoisotopic (exact) mass is 282 g/mol. The van der Waals surface area contributed by atoms with Gasteiger partial charge in [0.15, 0.2) is 0 Å². The quantitative estimate of drug-likeness (QED) is 0.838. The zero-order valence-corrected chi connectivity index (χ0v) is 13.1. The minimum Gasteiger partial charge on any atom is -0.310 e. The normalized spacial score (nSPS) is 30.3. The Morgan fingerprint density at radius 1 is 1.05 bits per heavy atom. The highest BCUT2D eigenvalue weighted by molar-refractivity contribution is 7.99. The van der Waals surface area contributed by atoms with Gasteiger partial charge in [0.25, 0.3) is 0 Å². The van der Waals surface area contributed by atoms with Crippen LogP contribution in [0.15, 0.2) is 0 Å². The molecule has 1 aliphatic carbocycles. The maximum Gasteiger partial charge on any atom is 0.0308 e. The average Bonchev–Trinajstić information content (AvgIpc) is 2.63. The minimum absolute atomic E-state index is 0.484. The third-order valence-electron chi connectivity index (χ3n) is 5.35. The van der Waals surface area contributed by atoms with Gasteiger partial charge in [0.1, 0.15) is 0 Å². The molecule has 2 saturated heterocycles. The number of hydrogen-bond acceptors (Lipinski definition) is 3. The first kappa shape index (κ1) is 14.2. The van der Waals surface area contributed by atoms with E-state index in [4.69, 9.17) is 0 Å². The topological polar surface area (TPSA) is 15.3 Å². The maximum atomic E-state index is 3.92. The third-order valence-corrected chi connectivity index (χ3v) is 6.39. The van der Waals surface area contributed by atoms with Crippen molar-refractivity contribution < 1.29 is 0 Å². The molecular weight excluding hydrogens is 252 g/mol. The van der Waals surface area contributed by atoms with E-state index < -0.39 is 0 Å². The van der Waals surface area contributed by atoms with Crippen LogP contribution in [0.2, 0.25) is 0 Å². The first-order valence-electron chi connectivity index (χ1n) is 8.41. The van der Waals surface area contributed by atoms with Crippen molar-refractivity contribution in [1.29, 1.82) is 0 Å². The second kappa shape index (κ2) is 6.82. The largest absolute Gasteiger partial charge is 0.310 e. The number of thioether (sulfide) groups is 1. The van der Waals surface area contributed by atoms with E-state index in [1.54, 1.807) is 0 Å². The Balaban J connectivity index is 1.57. The predicted octanol–water partition coefficient (Wildman–Crippen LogP) is 3.13. The summed E-state index contributed by atoms with van der Waals surface area (Å²) in [7, 11) is 0. The molecule has 3 rings (SSSR count). The van der Waals surface area contributed by atoms with E-state index in [2.05, 4.69) is 22.0 Å². The standard InChI is InChI=1S/C16H30N2S/c1-2-7-16(8-3-1)14-18(10-4-9-17-16)13-15-5-11-19-12-6-15/h15,17H,1-14H2. The SMILES string of the molecule is C1CCC2(CC1)CN(CC1CCSCC1)CCCN2. The highest BCUT2D eigenvalue weighted by Gasteiger charge is 2.35. The molecule has 3 fully saturated rings. The molecule has 2 heterocycles. The van der Waals surface area contributed by atoms with Crippen LogP contribution in [-0.2, 0) is 0 Å². The smallest absolute Gasteiger partial charge is 0.0308 e. The van der Waals surface area contributed by atoms with Crippen LogP contribution in [0.1, 0.15) is 51.4 Å². The molecule has 1 N–H and O–H groups in total. The fourth-order valence-electron chi connectivity index (χ4n) is 4.23. The molecule has 0 radical (unpaired) electrons. The second-order valence-corrected chi connectivity index (χ2v) is 8.14. The molecule has 0 unspecified atom stereocenters. The van der Waals surface area contributed by atoms with Gasteiger partial charge in [-0.1, -0.05) is 19.3 Å². The number of nitrogens with one attached hydrogen (secondary N) is 1. The van der Waals surface area contributed by atoms with Crippen LogP contribution in [0, 0.1) is 5.92 Å². The van der Waals surface area contributed by atoms with E-state index in [1.165, 1.54) is 89.1 Å². The summed E-state index contributed by atoms with van der Waals surface area (Å²) in [6.45, 7) is 5.29. The van der Waals surface area contributed by atoms with E-state index in [0.717, 1.165) is 5.92 Å². The lowest BCUT2D eigenvalue weighted by molar-refractivity contribution is 0.146. The first-order valence-corrected chi connectivity index (χ1v) is 9.57. The minimum atomic E-state index is 0.484. The zero-order valence-electron chi connectivity index (χ0n) is 12.3. The molecule has 1 saturated carbocycles. The van der Waals surface area contributed by atoms with Gasteiger partial charge in [-0.25, -0.2) is 0 Å². The van der Waals surface area contributed by atoms with Crippen molar-refractivity contribution >= 4 is 11.8 Å². The molecule has 110 valence electrons. The molecule has 0 amide bonds. The molecule has 19 heavy (non-hydrogen) atoms. The first-order chi connectivity index (χ1) is 9.36. The average molecular weight is 282 g/mol. The van der Waals surface area contributed by atoms with Crippen molar-refractivity contribution in [3.63, 3.8) is 0 Å². The van der Waals surface area contributed by atoms with E-state index in [1.807, 2.05) is 0 Å². The molecule has 0 aromatic heterocycles. The molecule has 3 heteroatoms. The summed E-state index contributed by atoms with van der Waals surface area (Å²) in [5.41, 5.74) is 0.484. The molecule has 2 aliphatic heterocycles. The van der Waals surface area contributed by atoms with Crippen LogP contribution in [0.4, 0.5) is 0 Å². The van der Waals surface area contributed by atoms with Crippen molar-refractivity contribution in [3.8, 4) is 0 Å². The van der Waals surface area contributed by atoms with Crippen LogP contribution < -0.4 is 5.32 Å². The highest BCUT2D eigenvalue weighted by atomic mass is 32.2. The van der Waals surface area contributed by atoms with Gasteiger partial charge >= 0.3 is 0 Å². The van der Waals surface area contributed by atoms with Gasteiger partial charge in [-0.05, 0) is 62.6 Å². The summed E-state index contributed by atoms with van der Waals surface area (Å²) in [5.74, 6) is 3.80. The van der Waals surface area contributed by atoms with Crippen molar-refractivity contribution in [1.82, 2.24) is 10.2 Å². The van der Waals surface area contributed by atoms with Crippen LogP contribution >= 0.6 is 11.8 Å². The van der Waals surface area contributed by atoms with Gasteiger partial charge in [0, 0.05) is 18.6 Å². The third kappa shape index (κ3) is 3.89. The van der Waals surface area contributed by atoms with Gasteiger partial charge in [-0.3, -0.25) is 0 Å². The molecule has 1 spiro atoms. The molecule has 0 aromatic carbocycles. The molecule has 3 aliphatic rings. The summed E-state index contributed by atoms with van der Waals surface area (Å²) in [4.78, 5) is 2.81. The van der Waals surface area contributed by atoms with Gasteiger partial charge in [-0.15, -0.1) is 0 Å². The van der Waals surface area contributed by atoms with E-state index >= 15 is 0 Å². The highest BCUT2D eigenvalue weighted by Crippen LogP contribution is 2.31. The van der Waals surface area contributed by atoms with Crippen molar-refractivity contribution in [2.45, 2.75) is 56.9 Å². The second-order valence-electron chi connectivity index (χ2n) is 6.91. The fourth-order valence-corrected chi connectivity index (χ4v) is 5.44. The van der Waals surface area contributed by atoms with Crippen molar-refractivity contribution in [2.24, 2.45) is 5.92 Å². The van der Waals surface area contributed by atoms with E-state index in [-0.39, 0.29) is 0 Å². The summed E-state index contributed by atoms with van der Waals surface area (Å²) in [6.07, 6.45) is 11.5. The Kier molecular flexibility index (Phi) is 5.10. The molecule has 0 aromatic rings. The van der Waals surface area contributed by atoms with Gasteiger partial charge in [0.2, 0.25) is 0 Å². The summed E-state index contributed by atoms with van der Waals surface area (Å²) < 4.78 is 0. The predicted molar refractivity (Wildman–Crippen MR) is 84.9 cm³/mol. The molecular formula is C16H30N2S. The van der Waals surface area contributed by atoms with Gasteiger partial charge in [0.05, 0.1) is 0 Å². The Morgan fingerprint density at radius 3 is 2.63 bits per heavy atom. The van der Waals surface area contributed by atoms with Crippen molar-refractivity contribution in [3.05, 3.63) is 0 Å². The zero-order chi connectivity index (χ0) is 13.0. The lowest BCUT2D eigenvalue weighted by Gasteiger charge is -2.41. The van der Waals surface area contributed by atoms with Gasteiger partial charge < -0.3 is 10.2 Å². The summed E-state index contributed by atoms with van der Waals surface area (Å²) in [5, 5.41) is 3.92. The van der Waals surface area contributed by atoms with Crippen LogP contribution in [0.3, 0.4) is 0 Å². The Morgan fingerprint density at radius 2 is 1.84 bits per heavy atom. The molecule has 2 nitrogen and oxygen atoms in total. The van der Waals surface area contributed by atoms with Crippen LogP contribution in [0.5, 0.6) is 0 Å². The lowest BCUT2D eigenvalue weighted by atomic mass is 9.81. The number of nitrogens with zero attached hydrogens (tertiary/aromatic N) is 1. The van der Waals surface area contributed by atoms with E-state index in [0.29, 0.717) is 5.54 Å². The Bertz CT molecular complexity index is 270. The molecule has 0 atom stereocenters. The van der Waals surface area contributed by atoms with E-state index in [9.17, 15) is 0 Å². The summed E-state index contributed by atoms with van der Waals surface area (Å²) >= 11 is 2.16. The summed E-state index contributed by atoms with van der Waals surface area (Å²) in [6, 6.07) is 0. The van der Waals surface area contributed by atoms with Gasteiger partial charge in [-0.2, -0.15) is 11.8 Å². The van der Waals surface area contributed by atoms with Crippen LogP contribution in [-0.4, -0.2) is 48.1 Å². The van der Waals surface area contributed by atoms with Crippen molar-refractivity contribution in [2.75, 3.05) is 37.7 Å². The maximum absolute atomic E-state index is 3.92. The molecule has 0 bridgehead atoms. The van der Waals surface area contributed by atoms with Crippen LogP contribution in [0.25, 0.3) is 0 Å². The number of rotatable bonds is 2. The lowest BCUT2D eigenvalue weighted by Crippen LogP contribution is -2.53.